The Bertz CT molecular complexity index is 827. The number of nitrogens with two attached hydrogens (primary N) is 3. The van der Waals surface area contributed by atoms with Gasteiger partial charge in [-0.2, -0.15) is 5.26 Å². The minimum atomic E-state index is -0.788. The van der Waals surface area contributed by atoms with E-state index in [9.17, 15) is 5.26 Å². The summed E-state index contributed by atoms with van der Waals surface area (Å²) in [4.78, 5) is 4.83. The Labute approximate surface area is 171 Å². The molecule has 29 heavy (non-hydrogen) atoms. The Morgan fingerprint density at radius 3 is 1.90 bits per heavy atom. The van der Waals surface area contributed by atoms with Gasteiger partial charge in [0.1, 0.15) is 6.07 Å². The van der Waals surface area contributed by atoms with Crippen molar-refractivity contribution in [3.63, 3.8) is 0 Å². The molecule has 3 saturated heterocycles. The standard InChI is InChI=1S/C21H30N8/c22-10-21(27-6-13-14(7-27)19(13)24)17(26-4-11-12(5-26)18(11)23)2-1-3-29(21)28-8-15-16(9-28)20(15)25/h1-3,11-16,18-20H,4-9,23-25H2. The third kappa shape index (κ3) is 2.05. The van der Waals surface area contributed by atoms with Crippen LogP contribution in [0.25, 0.3) is 0 Å². The maximum absolute atomic E-state index is 10.7. The van der Waals surface area contributed by atoms with Crippen LogP contribution in [0.15, 0.2) is 24.0 Å². The number of nitriles is 1. The monoisotopic (exact) mass is 394 g/mol. The molecule has 7 unspecified atom stereocenters. The minimum Gasteiger partial charge on any atom is -0.370 e. The molecule has 7 aliphatic rings. The third-order valence-electron chi connectivity index (χ3n) is 9.19. The molecule has 8 heteroatoms. The molecular formula is C21H30N8. The fourth-order valence-corrected chi connectivity index (χ4v) is 7.00. The molecule has 7 rings (SSSR count). The van der Waals surface area contributed by atoms with E-state index < -0.39 is 5.66 Å². The lowest BCUT2D eigenvalue weighted by molar-refractivity contribution is -0.101. The molecule has 0 aromatic rings. The van der Waals surface area contributed by atoms with Crippen LogP contribution in [0.2, 0.25) is 0 Å². The number of fused-ring (bicyclic) bond motifs is 3. The van der Waals surface area contributed by atoms with Crippen LogP contribution in [-0.2, 0) is 0 Å². The van der Waals surface area contributed by atoms with Gasteiger partial charge in [0.25, 0.3) is 0 Å². The zero-order valence-electron chi connectivity index (χ0n) is 16.6. The molecule has 4 aliphatic heterocycles. The summed E-state index contributed by atoms with van der Waals surface area (Å²) in [6.07, 6.45) is 6.39. The smallest absolute Gasteiger partial charge is 0.237 e. The van der Waals surface area contributed by atoms with E-state index in [4.69, 9.17) is 17.2 Å². The molecule has 0 bridgehead atoms. The predicted octanol–water partition coefficient (Wildman–Crippen LogP) is -1.50. The van der Waals surface area contributed by atoms with Crippen molar-refractivity contribution in [3.05, 3.63) is 24.0 Å². The zero-order chi connectivity index (χ0) is 19.7. The lowest BCUT2D eigenvalue weighted by Gasteiger charge is -2.53. The van der Waals surface area contributed by atoms with Gasteiger partial charge in [0.15, 0.2) is 0 Å². The van der Waals surface area contributed by atoms with Crippen LogP contribution in [0.3, 0.4) is 0 Å². The SMILES string of the molecule is N#CC1(N2CC3C(N)C3C2)C(N2CC3C(N)C3C2)=CC=CN1N1CC2C(N)C2C1. The molecule has 3 saturated carbocycles. The fourth-order valence-electron chi connectivity index (χ4n) is 7.00. The molecule has 4 heterocycles. The van der Waals surface area contributed by atoms with Gasteiger partial charge in [-0.3, -0.25) is 9.91 Å². The van der Waals surface area contributed by atoms with E-state index in [1.807, 2.05) is 0 Å². The highest BCUT2D eigenvalue weighted by Crippen LogP contribution is 2.53. The summed E-state index contributed by atoms with van der Waals surface area (Å²) in [7, 11) is 0. The summed E-state index contributed by atoms with van der Waals surface area (Å²) >= 11 is 0. The van der Waals surface area contributed by atoms with Gasteiger partial charge < -0.3 is 22.1 Å². The number of allylic oxidation sites excluding steroid dienone is 2. The molecule has 0 radical (unpaired) electrons. The number of likely N-dealkylation sites (tertiary alicyclic amines) is 2. The molecule has 154 valence electrons. The molecule has 6 N–H and O–H groups in total. The third-order valence-corrected chi connectivity index (χ3v) is 9.19. The van der Waals surface area contributed by atoms with Crippen molar-refractivity contribution in [2.24, 2.45) is 52.7 Å². The van der Waals surface area contributed by atoms with Crippen LogP contribution in [-0.4, -0.2) is 82.9 Å². The maximum atomic E-state index is 10.7. The summed E-state index contributed by atoms with van der Waals surface area (Å²) in [6.45, 7) is 5.65. The average Bonchev–Trinajstić information content (AvgIpc) is 3.46. The van der Waals surface area contributed by atoms with Crippen molar-refractivity contribution >= 4 is 0 Å². The first-order valence-electron chi connectivity index (χ1n) is 11.2. The van der Waals surface area contributed by atoms with Gasteiger partial charge in [-0.05, 0) is 47.7 Å². The second-order valence-corrected chi connectivity index (χ2v) is 10.4. The van der Waals surface area contributed by atoms with E-state index in [2.05, 4.69) is 44.2 Å². The molecule has 0 aromatic carbocycles. The number of piperidine rings is 3. The van der Waals surface area contributed by atoms with E-state index in [1.54, 1.807) is 0 Å². The number of nitrogens with zero attached hydrogens (tertiary/aromatic N) is 5. The van der Waals surface area contributed by atoms with Crippen LogP contribution < -0.4 is 17.2 Å². The van der Waals surface area contributed by atoms with Crippen LogP contribution >= 0.6 is 0 Å². The summed E-state index contributed by atoms with van der Waals surface area (Å²) in [6, 6.07) is 3.81. The number of hydrogen-bond acceptors (Lipinski definition) is 8. The molecular weight excluding hydrogens is 364 g/mol. The minimum absolute atomic E-state index is 0.317. The Morgan fingerprint density at radius 2 is 1.34 bits per heavy atom. The van der Waals surface area contributed by atoms with Crippen LogP contribution in [0.4, 0.5) is 0 Å². The molecule has 0 spiro atoms. The molecule has 6 fully saturated rings. The summed E-state index contributed by atoms with van der Waals surface area (Å²) in [5.41, 5.74) is 19.0. The summed E-state index contributed by atoms with van der Waals surface area (Å²) < 4.78 is 0. The van der Waals surface area contributed by atoms with E-state index in [1.165, 1.54) is 0 Å². The van der Waals surface area contributed by atoms with E-state index in [0.717, 1.165) is 45.0 Å². The molecule has 8 nitrogen and oxygen atoms in total. The Hall–Kier alpha value is -1.63. The number of rotatable bonds is 3. The molecule has 3 aliphatic carbocycles. The average molecular weight is 395 g/mol. The van der Waals surface area contributed by atoms with Gasteiger partial charge in [-0.1, -0.05) is 0 Å². The van der Waals surface area contributed by atoms with Gasteiger partial charge in [0.05, 0.1) is 5.70 Å². The summed E-state index contributed by atoms with van der Waals surface area (Å²) in [5, 5.41) is 15.4. The van der Waals surface area contributed by atoms with Gasteiger partial charge in [0, 0.05) is 63.6 Å². The quantitative estimate of drug-likeness (QED) is 0.530. The van der Waals surface area contributed by atoms with Crippen molar-refractivity contribution in [3.8, 4) is 6.07 Å². The van der Waals surface area contributed by atoms with E-state index in [0.29, 0.717) is 53.6 Å². The normalized spacial score (nSPS) is 54.7. The first-order chi connectivity index (χ1) is 14.0. The lowest BCUT2D eigenvalue weighted by Crippen LogP contribution is -2.67. The van der Waals surface area contributed by atoms with Gasteiger partial charge in [0.2, 0.25) is 5.66 Å². The van der Waals surface area contributed by atoms with E-state index >= 15 is 0 Å². The predicted molar refractivity (Wildman–Crippen MR) is 107 cm³/mol. The molecule has 0 aromatic heterocycles. The van der Waals surface area contributed by atoms with Crippen molar-refractivity contribution in [2.75, 3.05) is 39.3 Å². The largest absolute Gasteiger partial charge is 0.370 e. The van der Waals surface area contributed by atoms with Crippen molar-refractivity contribution in [1.29, 1.82) is 5.26 Å². The van der Waals surface area contributed by atoms with Gasteiger partial charge >= 0.3 is 0 Å². The Kier molecular flexibility index (Phi) is 3.15. The van der Waals surface area contributed by atoms with Crippen LogP contribution in [0.1, 0.15) is 0 Å². The zero-order valence-corrected chi connectivity index (χ0v) is 16.6. The summed E-state index contributed by atoms with van der Waals surface area (Å²) in [5.74, 6) is 3.40. The van der Waals surface area contributed by atoms with Crippen LogP contribution in [0, 0.1) is 46.8 Å². The molecule has 0 amide bonds. The lowest BCUT2D eigenvalue weighted by atomic mass is 9.99. The Morgan fingerprint density at radius 1 is 0.828 bits per heavy atom. The maximum Gasteiger partial charge on any atom is 0.237 e. The second kappa shape index (κ2) is 5.34. The van der Waals surface area contributed by atoms with Crippen molar-refractivity contribution < 1.29 is 0 Å². The fraction of sp³-hybridized carbons (Fsp3) is 0.762. The topological polar surface area (TPSA) is 115 Å². The highest BCUT2D eigenvalue weighted by molar-refractivity contribution is 5.39. The highest BCUT2D eigenvalue weighted by atomic mass is 15.7. The first kappa shape index (κ1) is 17.1. The Balaban J connectivity index is 1.24. The second-order valence-electron chi connectivity index (χ2n) is 10.4. The number of hydrogen-bond donors (Lipinski definition) is 3. The molecule has 7 atom stereocenters. The van der Waals surface area contributed by atoms with Crippen molar-refractivity contribution in [1.82, 2.24) is 19.8 Å². The van der Waals surface area contributed by atoms with Gasteiger partial charge in [-0.15, -0.1) is 0 Å². The number of hydrazine groups is 1. The first-order valence-corrected chi connectivity index (χ1v) is 11.2. The highest BCUT2D eigenvalue weighted by Gasteiger charge is 2.65. The van der Waals surface area contributed by atoms with Gasteiger partial charge in [-0.25, -0.2) is 5.01 Å². The van der Waals surface area contributed by atoms with Crippen molar-refractivity contribution in [2.45, 2.75) is 23.8 Å². The van der Waals surface area contributed by atoms with Crippen LogP contribution in [0.5, 0.6) is 0 Å². The van der Waals surface area contributed by atoms with E-state index in [-0.39, 0.29) is 0 Å².